The van der Waals surface area contributed by atoms with Crippen LogP contribution in [0.25, 0.3) is 0 Å². The van der Waals surface area contributed by atoms with Crippen LogP contribution in [-0.4, -0.2) is 49.9 Å². The van der Waals surface area contributed by atoms with Gasteiger partial charge in [-0.05, 0) is 48.7 Å². The molecule has 37 heavy (non-hydrogen) atoms. The van der Waals surface area contributed by atoms with E-state index >= 15 is 0 Å². The van der Waals surface area contributed by atoms with Crippen LogP contribution in [0, 0.1) is 0 Å². The normalized spacial score (nSPS) is 15.7. The number of benzene rings is 3. The van der Waals surface area contributed by atoms with Gasteiger partial charge in [-0.2, -0.15) is 0 Å². The lowest BCUT2D eigenvalue weighted by Gasteiger charge is -2.41. The fourth-order valence-electron chi connectivity index (χ4n) is 5.08. The molecule has 1 unspecified atom stereocenters. The number of fused-ring (bicyclic) bond motifs is 5. The molecule has 5 rings (SSSR count). The minimum atomic E-state index is -0.501. The Hall–Kier alpha value is -4.33. The maximum atomic E-state index is 13.4. The molecule has 2 heterocycles. The van der Waals surface area contributed by atoms with Crippen LogP contribution >= 0.6 is 0 Å². The van der Waals surface area contributed by atoms with Crippen LogP contribution < -0.4 is 19.7 Å². The monoisotopic (exact) mass is 499 g/mol. The average Bonchev–Trinajstić information content (AvgIpc) is 3.23. The predicted molar refractivity (Wildman–Crippen MR) is 139 cm³/mol. The number of anilines is 1. The Bertz CT molecular complexity index is 1350. The van der Waals surface area contributed by atoms with Crippen molar-refractivity contribution in [2.75, 3.05) is 32.2 Å². The van der Waals surface area contributed by atoms with Crippen molar-refractivity contribution in [2.24, 2.45) is 0 Å². The predicted octanol–water partition coefficient (Wildman–Crippen LogP) is 3.96. The highest BCUT2D eigenvalue weighted by Crippen LogP contribution is 2.45. The second kappa shape index (κ2) is 10.3. The Kier molecular flexibility index (Phi) is 6.81. The standard InChI is InChI=1S/C29H29N3O5/c1-36-24-14-13-19(18-25(24)37-2)15-16-30-26(33)12-7-17-31-27-20-8-3-4-9-21(20)29(35)32(27)23-11-6-5-10-22(23)28(31)34/h3-6,8-11,13-14,18,27H,7,12,15-17H2,1-2H3,(H,30,33). The molecule has 0 saturated heterocycles. The number of carbonyl (C=O) groups is 3. The summed E-state index contributed by atoms with van der Waals surface area (Å²) in [5.74, 6) is 0.995. The molecule has 0 fully saturated rings. The van der Waals surface area contributed by atoms with Crippen molar-refractivity contribution in [3.8, 4) is 11.5 Å². The van der Waals surface area contributed by atoms with Crippen LogP contribution in [0.2, 0.25) is 0 Å². The maximum absolute atomic E-state index is 13.4. The summed E-state index contributed by atoms with van der Waals surface area (Å²) in [6.07, 6.45) is 0.916. The van der Waals surface area contributed by atoms with E-state index < -0.39 is 6.17 Å². The molecule has 0 aliphatic carbocycles. The molecule has 0 saturated carbocycles. The highest BCUT2D eigenvalue weighted by molar-refractivity contribution is 6.16. The lowest BCUT2D eigenvalue weighted by atomic mass is 10.0. The summed E-state index contributed by atoms with van der Waals surface area (Å²) < 4.78 is 10.6. The third kappa shape index (κ3) is 4.50. The molecule has 3 amide bonds. The Labute approximate surface area is 215 Å². The van der Waals surface area contributed by atoms with Gasteiger partial charge in [0, 0.05) is 30.6 Å². The smallest absolute Gasteiger partial charge is 0.260 e. The van der Waals surface area contributed by atoms with Gasteiger partial charge >= 0.3 is 0 Å². The molecule has 1 atom stereocenters. The molecule has 2 aliphatic heterocycles. The molecule has 0 spiro atoms. The van der Waals surface area contributed by atoms with Crippen LogP contribution in [0.4, 0.5) is 5.69 Å². The fourth-order valence-corrected chi connectivity index (χ4v) is 5.08. The SMILES string of the molecule is COc1ccc(CCNC(=O)CCCN2C(=O)c3ccccc3N3C(=O)c4ccccc4C23)cc1OC. The Balaban J connectivity index is 1.21. The third-order valence-electron chi connectivity index (χ3n) is 6.87. The highest BCUT2D eigenvalue weighted by atomic mass is 16.5. The average molecular weight is 500 g/mol. The first-order valence-corrected chi connectivity index (χ1v) is 12.3. The van der Waals surface area contributed by atoms with Gasteiger partial charge in [0.1, 0.15) is 6.17 Å². The van der Waals surface area contributed by atoms with Gasteiger partial charge in [0.25, 0.3) is 11.8 Å². The quantitative estimate of drug-likeness (QED) is 0.482. The van der Waals surface area contributed by atoms with Gasteiger partial charge in [-0.3, -0.25) is 19.3 Å². The van der Waals surface area contributed by atoms with Crippen molar-refractivity contribution in [1.29, 1.82) is 0 Å². The summed E-state index contributed by atoms with van der Waals surface area (Å²) in [7, 11) is 3.18. The van der Waals surface area contributed by atoms with Crippen molar-refractivity contribution in [2.45, 2.75) is 25.4 Å². The lowest BCUT2D eigenvalue weighted by Crippen LogP contribution is -2.48. The van der Waals surface area contributed by atoms with Gasteiger partial charge in [0.15, 0.2) is 11.5 Å². The number of nitrogens with one attached hydrogen (secondary N) is 1. The van der Waals surface area contributed by atoms with Crippen molar-refractivity contribution in [1.82, 2.24) is 10.2 Å². The summed E-state index contributed by atoms with van der Waals surface area (Å²) in [4.78, 5) is 42.6. The Morgan fingerprint density at radius 2 is 1.62 bits per heavy atom. The van der Waals surface area contributed by atoms with E-state index in [2.05, 4.69) is 5.32 Å². The van der Waals surface area contributed by atoms with Crippen LogP contribution in [-0.2, 0) is 11.2 Å². The zero-order valence-corrected chi connectivity index (χ0v) is 20.9. The molecular formula is C29H29N3O5. The van der Waals surface area contributed by atoms with E-state index in [1.807, 2.05) is 48.5 Å². The highest BCUT2D eigenvalue weighted by Gasteiger charge is 2.47. The number of amides is 3. The molecular weight excluding hydrogens is 470 g/mol. The van der Waals surface area contributed by atoms with Gasteiger partial charge in [-0.15, -0.1) is 0 Å². The van der Waals surface area contributed by atoms with Crippen molar-refractivity contribution >= 4 is 23.4 Å². The summed E-state index contributed by atoms with van der Waals surface area (Å²) in [6, 6.07) is 20.3. The largest absolute Gasteiger partial charge is 0.493 e. The van der Waals surface area contributed by atoms with Gasteiger partial charge in [0.2, 0.25) is 5.91 Å². The van der Waals surface area contributed by atoms with E-state index in [1.54, 1.807) is 42.2 Å². The molecule has 190 valence electrons. The number of carbonyl (C=O) groups excluding carboxylic acids is 3. The van der Waals surface area contributed by atoms with E-state index in [0.29, 0.717) is 54.2 Å². The number of methoxy groups -OCH3 is 2. The van der Waals surface area contributed by atoms with Crippen molar-refractivity contribution < 1.29 is 23.9 Å². The molecule has 3 aromatic carbocycles. The lowest BCUT2D eigenvalue weighted by molar-refractivity contribution is -0.121. The van der Waals surface area contributed by atoms with Crippen molar-refractivity contribution in [3.63, 3.8) is 0 Å². The minimum absolute atomic E-state index is 0.0786. The molecule has 0 radical (unpaired) electrons. The van der Waals surface area contributed by atoms with Crippen molar-refractivity contribution in [3.05, 3.63) is 89.0 Å². The van der Waals surface area contributed by atoms with E-state index in [9.17, 15) is 14.4 Å². The number of ether oxygens (including phenoxy) is 2. The summed E-state index contributed by atoms with van der Waals surface area (Å²) in [5.41, 5.74) is 3.58. The number of para-hydroxylation sites is 1. The topological polar surface area (TPSA) is 88.2 Å². The third-order valence-corrected chi connectivity index (χ3v) is 6.87. The van der Waals surface area contributed by atoms with E-state index in [4.69, 9.17) is 9.47 Å². The van der Waals surface area contributed by atoms with Gasteiger partial charge < -0.3 is 19.7 Å². The Morgan fingerprint density at radius 1 is 0.892 bits per heavy atom. The zero-order chi connectivity index (χ0) is 25.9. The first-order valence-electron chi connectivity index (χ1n) is 12.3. The number of hydrogen-bond donors (Lipinski definition) is 1. The van der Waals surface area contributed by atoms with Gasteiger partial charge in [0.05, 0.1) is 25.5 Å². The number of hydrogen-bond acceptors (Lipinski definition) is 5. The molecule has 1 N–H and O–H groups in total. The van der Waals surface area contributed by atoms with Gasteiger partial charge in [-0.25, -0.2) is 0 Å². The summed E-state index contributed by atoms with van der Waals surface area (Å²) in [6.45, 7) is 0.849. The molecule has 8 nitrogen and oxygen atoms in total. The molecule has 0 aromatic heterocycles. The fraction of sp³-hybridized carbons (Fsp3) is 0.276. The van der Waals surface area contributed by atoms with Gasteiger partial charge in [-0.1, -0.05) is 36.4 Å². The summed E-state index contributed by atoms with van der Waals surface area (Å²) >= 11 is 0. The molecule has 3 aromatic rings. The first kappa shape index (κ1) is 24.4. The van der Waals surface area contributed by atoms with E-state index in [0.717, 1.165) is 11.1 Å². The molecule has 8 heteroatoms. The number of rotatable bonds is 9. The second-order valence-corrected chi connectivity index (χ2v) is 9.04. The molecule has 0 bridgehead atoms. The van der Waals surface area contributed by atoms with Crippen LogP contribution in [0.5, 0.6) is 11.5 Å². The van der Waals surface area contributed by atoms with Crippen LogP contribution in [0.1, 0.15) is 50.9 Å². The second-order valence-electron chi connectivity index (χ2n) is 9.04. The molecule has 2 aliphatic rings. The Morgan fingerprint density at radius 3 is 2.41 bits per heavy atom. The van der Waals surface area contributed by atoms with Crippen LogP contribution in [0.15, 0.2) is 66.7 Å². The summed E-state index contributed by atoms with van der Waals surface area (Å²) in [5, 5.41) is 2.95. The minimum Gasteiger partial charge on any atom is -0.493 e. The first-order chi connectivity index (χ1) is 18.0. The zero-order valence-electron chi connectivity index (χ0n) is 20.9. The van der Waals surface area contributed by atoms with E-state index in [1.165, 1.54) is 0 Å². The van der Waals surface area contributed by atoms with Crippen LogP contribution in [0.3, 0.4) is 0 Å². The van der Waals surface area contributed by atoms with E-state index in [-0.39, 0.29) is 24.1 Å². The maximum Gasteiger partial charge on any atom is 0.260 e. The number of nitrogens with zero attached hydrogens (tertiary/aromatic N) is 2.